The lowest BCUT2D eigenvalue weighted by Crippen LogP contribution is -2.07. The van der Waals surface area contributed by atoms with E-state index in [-0.39, 0.29) is 5.56 Å². The Morgan fingerprint density at radius 1 is 1.50 bits per heavy atom. The standard InChI is InChI=1S/C12H13N3O2S/c1-18-6-5-13-12-14-7-9-8(11(16)17)3-2-4-10(9)15-12/h2-4,7H,5-6H2,1H3,(H,16,17)(H,13,14,15). The highest BCUT2D eigenvalue weighted by Gasteiger charge is 2.09. The van der Waals surface area contributed by atoms with Crippen LogP contribution in [-0.4, -0.2) is 39.6 Å². The number of benzene rings is 1. The number of thioether (sulfide) groups is 1. The topological polar surface area (TPSA) is 75.1 Å². The van der Waals surface area contributed by atoms with Crippen LogP contribution in [0.4, 0.5) is 5.95 Å². The van der Waals surface area contributed by atoms with Gasteiger partial charge in [0.2, 0.25) is 5.95 Å². The van der Waals surface area contributed by atoms with Crippen LogP contribution >= 0.6 is 11.8 Å². The third-order valence-corrected chi connectivity index (χ3v) is 3.06. The molecule has 0 saturated carbocycles. The first kappa shape index (κ1) is 12.6. The number of carboxylic acids is 1. The Hall–Kier alpha value is -1.82. The number of carbonyl (C=O) groups is 1. The second-order valence-corrected chi connectivity index (χ2v) is 4.64. The van der Waals surface area contributed by atoms with Crippen molar-refractivity contribution in [3.8, 4) is 0 Å². The summed E-state index contributed by atoms with van der Waals surface area (Å²) in [4.78, 5) is 19.5. The van der Waals surface area contributed by atoms with Crippen molar-refractivity contribution < 1.29 is 9.90 Å². The molecule has 0 bridgehead atoms. The second-order valence-electron chi connectivity index (χ2n) is 3.66. The van der Waals surface area contributed by atoms with Crippen molar-refractivity contribution in [3.63, 3.8) is 0 Å². The van der Waals surface area contributed by atoms with Crippen LogP contribution in [0.2, 0.25) is 0 Å². The molecule has 0 amide bonds. The molecule has 0 fully saturated rings. The predicted molar refractivity (Wildman–Crippen MR) is 73.4 cm³/mol. The highest BCUT2D eigenvalue weighted by Crippen LogP contribution is 2.17. The molecule has 94 valence electrons. The summed E-state index contributed by atoms with van der Waals surface area (Å²) in [6.45, 7) is 0.783. The maximum absolute atomic E-state index is 11.0. The van der Waals surface area contributed by atoms with Gasteiger partial charge in [0, 0.05) is 23.9 Å². The molecule has 1 aromatic carbocycles. The molecule has 0 aliphatic rings. The smallest absolute Gasteiger partial charge is 0.336 e. The van der Waals surface area contributed by atoms with E-state index in [2.05, 4.69) is 15.3 Å². The minimum absolute atomic E-state index is 0.225. The number of hydrogen-bond donors (Lipinski definition) is 2. The van der Waals surface area contributed by atoms with Crippen LogP contribution in [-0.2, 0) is 0 Å². The molecule has 0 radical (unpaired) electrons. The van der Waals surface area contributed by atoms with Gasteiger partial charge in [0.25, 0.3) is 0 Å². The summed E-state index contributed by atoms with van der Waals surface area (Å²) in [6.07, 6.45) is 3.58. The Balaban J connectivity index is 2.32. The SMILES string of the molecule is CSCCNc1ncc2c(C(=O)O)cccc2n1. The van der Waals surface area contributed by atoms with E-state index in [9.17, 15) is 4.79 Å². The van der Waals surface area contributed by atoms with Gasteiger partial charge in [-0.3, -0.25) is 0 Å². The fourth-order valence-corrected chi connectivity index (χ4v) is 1.90. The largest absolute Gasteiger partial charge is 0.478 e. The van der Waals surface area contributed by atoms with Gasteiger partial charge in [-0.15, -0.1) is 0 Å². The van der Waals surface area contributed by atoms with E-state index in [1.807, 2.05) is 6.26 Å². The average molecular weight is 263 g/mol. The number of nitrogens with zero attached hydrogens (tertiary/aromatic N) is 2. The molecule has 0 atom stereocenters. The van der Waals surface area contributed by atoms with E-state index in [0.29, 0.717) is 16.9 Å². The molecular weight excluding hydrogens is 250 g/mol. The van der Waals surface area contributed by atoms with Gasteiger partial charge in [-0.05, 0) is 18.4 Å². The first-order valence-electron chi connectivity index (χ1n) is 5.44. The van der Waals surface area contributed by atoms with Crippen molar-refractivity contribution in [2.45, 2.75) is 0 Å². The molecule has 1 aromatic heterocycles. The monoisotopic (exact) mass is 263 g/mol. The third kappa shape index (κ3) is 2.70. The van der Waals surface area contributed by atoms with Crippen LogP contribution in [0.1, 0.15) is 10.4 Å². The lowest BCUT2D eigenvalue weighted by atomic mass is 10.1. The number of hydrogen-bond acceptors (Lipinski definition) is 5. The number of aromatic carboxylic acids is 1. The van der Waals surface area contributed by atoms with Crippen LogP contribution in [0.5, 0.6) is 0 Å². The second kappa shape index (κ2) is 5.68. The summed E-state index contributed by atoms with van der Waals surface area (Å²) in [6, 6.07) is 5.02. The summed E-state index contributed by atoms with van der Waals surface area (Å²) < 4.78 is 0. The van der Waals surface area contributed by atoms with Crippen LogP contribution in [0.3, 0.4) is 0 Å². The molecule has 0 saturated heterocycles. The van der Waals surface area contributed by atoms with Crippen molar-refractivity contribution >= 4 is 34.6 Å². The summed E-state index contributed by atoms with van der Waals surface area (Å²) in [5, 5.41) is 12.7. The summed E-state index contributed by atoms with van der Waals surface area (Å²) in [5.41, 5.74) is 0.861. The fourth-order valence-electron chi connectivity index (χ4n) is 1.59. The van der Waals surface area contributed by atoms with Gasteiger partial charge < -0.3 is 10.4 Å². The minimum Gasteiger partial charge on any atom is -0.478 e. The first-order valence-corrected chi connectivity index (χ1v) is 6.83. The molecule has 1 heterocycles. The Morgan fingerprint density at radius 2 is 2.33 bits per heavy atom. The zero-order valence-corrected chi connectivity index (χ0v) is 10.7. The molecule has 0 aliphatic carbocycles. The van der Waals surface area contributed by atoms with Crippen molar-refractivity contribution in [2.75, 3.05) is 23.9 Å². The Kier molecular flexibility index (Phi) is 3.99. The van der Waals surface area contributed by atoms with Gasteiger partial charge in [0.1, 0.15) is 0 Å². The highest BCUT2D eigenvalue weighted by atomic mass is 32.2. The lowest BCUT2D eigenvalue weighted by molar-refractivity contribution is 0.0699. The maximum Gasteiger partial charge on any atom is 0.336 e. The Morgan fingerprint density at radius 3 is 3.06 bits per heavy atom. The van der Waals surface area contributed by atoms with E-state index in [4.69, 9.17) is 5.11 Å². The Bertz CT molecular complexity index is 574. The van der Waals surface area contributed by atoms with Crippen molar-refractivity contribution in [2.24, 2.45) is 0 Å². The molecule has 0 spiro atoms. The normalized spacial score (nSPS) is 10.5. The number of fused-ring (bicyclic) bond motifs is 1. The first-order chi connectivity index (χ1) is 8.72. The predicted octanol–water partition coefficient (Wildman–Crippen LogP) is 2.10. The van der Waals surface area contributed by atoms with Gasteiger partial charge in [-0.1, -0.05) is 6.07 Å². The molecule has 6 heteroatoms. The minimum atomic E-state index is -0.965. The van der Waals surface area contributed by atoms with Crippen molar-refractivity contribution in [1.29, 1.82) is 0 Å². The van der Waals surface area contributed by atoms with Gasteiger partial charge in [0.15, 0.2) is 0 Å². The quantitative estimate of drug-likeness (QED) is 0.805. The summed E-state index contributed by atoms with van der Waals surface area (Å²) in [5.74, 6) is 0.530. The average Bonchev–Trinajstić information content (AvgIpc) is 2.38. The number of anilines is 1. The Labute approximate surface area is 109 Å². The van der Waals surface area contributed by atoms with Gasteiger partial charge in [0.05, 0.1) is 11.1 Å². The number of carboxylic acid groups (broad SMARTS) is 1. The van der Waals surface area contributed by atoms with E-state index < -0.39 is 5.97 Å². The lowest BCUT2D eigenvalue weighted by Gasteiger charge is -2.05. The zero-order chi connectivity index (χ0) is 13.0. The van der Waals surface area contributed by atoms with Gasteiger partial charge in [-0.2, -0.15) is 11.8 Å². The molecule has 0 aliphatic heterocycles. The fraction of sp³-hybridized carbons (Fsp3) is 0.250. The highest BCUT2D eigenvalue weighted by molar-refractivity contribution is 7.98. The van der Waals surface area contributed by atoms with Crippen LogP contribution in [0.25, 0.3) is 10.9 Å². The van der Waals surface area contributed by atoms with Crippen molar-refractivity contribution in [3.05, 3.63) is 30.0 Å². The van der Waals surface area contributed by atoms with Gasteiger partial charge >= 0.3 is 5.97 Å². The molecule has 18 heavy (non-hydrogen) atoms. The number of rotatable bonds is 5. The van der Waals surface area contributed by atoms with Crippen molar-refractivity contribution in [1.82, 2.24) is 9.97 Å². The summed E-state index contributed by atoms with van der Waals surface area (Å²) in [7, 11) is 0. The maximum atomic E-state index is 11.0. The number of aromatic nitrogens is 2. The van der Waals surface area contributed by atoms with E-state index in [1.165, 1.54) is 0 Å². The molecule has 2 aromatic rings. The van der Waals surface area contributed by atoms with Crippen LogP contribution < -0.4 is 5.32 Å². The molecule has 5 nitrogen and oxygen atoms in total. The van der Waals surface area contributed by atoms with E-state index in [0.717, 1.165) is 12.3 Å². The molecule has 2 rings (SSSR count). The van der Waals surface area contributed by atoms with Crippen LogP contribution in [0.15, 0.2) is 24.4 Å². The van der Waals surface area contributed by atoms with E-state index >= 15 is 0 Å². The zero-order valence-electron chi connectivity index (χ0n) is 9.88. The number of nitrogens with one attached hydrogen (secondary N) is 1. The molecule has 0 unspecified atom stereocenters. The molecule has 2 N–H and O–H groups in total. The van der Waals surface area contributed by atoms with Gasteiger partial charge in [-0.25, -0.2) is 14.8 Å². The van der Waals surface area contributed by atoms with Crippen LogP contribution in [0, 0.1) is 0 Å². The summed E-state index contributed by atoms with van der Waals surface area (Å²) >= 11 is 1.74. The molecular formula is C12H13N3O2S. The van der Waals surface area contributed by atoms with E-state index in [1.54, 1.807) is 36.2 Å². The third-order valence-electron chi connectivity index (χ3n) is 2.45.